The van der Waals surface area contributed by atoms with E-state index in [2.05, 4.69) is 6.07 Å². The van der Waals surface area contributed by atoms with Crippen LogP contribution in [0.25, 0.3) is 11.1 Å². The second kappa shape index (κ2) is 5.74. The molecule has 0 amide bonds. The summed E-state index contributed by atoms with van der Waals surface area (Å²) in [5.41, 5.74) is 9.64. The first-order valence-corrected chi connectivity index (χ1v) is 6.27. The monoisotopic (exact) mass is 273 g/mol. The van der Waals surface area contributed by atoms with Crippen molar-refractivity contribution < 1.29 is 14.2 Å². The van der Waals surface area contributed by atoms with Gasteiger partial charge in [0.1, 0.15) is 0 Å². The molecular formula is C16H19NO3. The minimum atomic E-state index is 0.576. The Bertz CT molecular complexity index is 603. The molecule has 0 atom stereocenters. The quantitative estimate of drug-likeness (QED) is 0.869. The van der Waals surface area contributed by atoms with Gasteiger partial charge in [0.2, 0.25) is 5.75 Å². The van der Waals surface area contributed by atoms with Crippen LogP contribution in [-0.4, -0.2) is 21.3 Å². The summed E-state index contributed by atoms with van der Waals surface area (Å²) < 4.78 is 16.2. The molecule has 2 N–H and O–H groups in total. The van der Waals surface area contributed by atoms with Gasteiger partial charge in [-0.3, -0.25) is 0 Å². The second-order valence-corrected chi connectivity index (χ2v) is 4.51. The predicted octanol–water partition coefficient (Wildman–Crippen LogP) is 3.27. The molecule has 0 aliphatic rings. The minimum Gasteiger partial charge on any atom is -0.493 e. The van der Waals surface area contributed by atoms with Gasteiger partial charge in [0.15, 0.2) is 11.5 Å². The van der Waals surface area contributed by atoms with E-state index in [1.165, 1.54) is 0 Å². The van der Waals surface area contributed by atoms with Gasteiger partial charge in [-0.15, -0.1) is 0 Å². The zero-order chi connectivity index (χ0) is 14.7. The van der Waals surface area contributed by atoms with Crippen LogP contribution in [0.4, 0.5) is 5.69 Å². The van der Waals surface area contributed by atoms with E-state index in [9.17, 15) is 0 Å². The Hall–Kier alpha value is -2.36. The van der Waals surface area contributed by atoms with Crippen LogP contribution in [0.2, 0.25) is 0 Å². The maximum Gasteiger partial charge on any atom is 0.203 e. The van der Waals surface area contributed by atoms with Crippen LogP contribution in [0.1, 0.15) is 5.56 Å². The van der Waals surface area contributed by atoms with Gasteiger partial charge in [-0.05, 0) is 42.3 Å². The lowest BCUT2D eigenvalue weighted by molar-refractivity contribution is 0.325. The molecule has 0 saturated carbocycles. The molecule has 0 fully saturated rings. The molecule has 0 aromatic heterocycles. The first-order valence-electron chi connectivity index (χ1n) is 6.27. The van der Waals surface area contributed by atoms with Crippen LogP contribution in [-0.2, 0) is 0 Å². The first kappa shape index (κ1) is 14.1. The lowest BCUT2D eigenvalue weighted by Gasteiger charge is -2.16. The fraction of sp³-hybridized carbons (Fsp3) is 0.250. The lowest BCUT2D eigenvalue weighted by atomic mass is 10.0. The third-order valence-corrected chi connectivity index (χ3v) is 3.11. The highest BCUT2D eigenvalue weighted by atomic mass is 16.5. The Morgan fingerprint density at radius 2 is 1.55 bits per heavy atom. The van der Waals surface area contributed by atoms with E-state index in [1.807, 2.05) is 31.2 Å². The number of anilines is 1. The third-order valence-electron chi connectivity index (χ3n) is 3.11. The topological polar surface area (TPSA) is 53.7 Å². The number of nitrogen functional groups attached to an aromatic ring is 1. The van der Waals surface area contributed by atoms with E-state index in [4.69, 9.17) is 19.9 Å². The van der Waals surface area contributed by atoms with Crippen LogP contribution in [0.5, 0.6) is 17.2 Å². The van der Waals surface area contributed by atoms with Crippen molar-refractivity contribution in [2.75, 3.05) is 27.1 Å². The lowest BCUT2D eigenvalue weighted by Crippen LogP contribution is -1.97. The summed E-state index contributed by atoms with van der Waals surface area (Å²) in [6, 6.07) is 9.69. The molecular weight excluding hydrogens is 254 g/mol. The summed E-state index contributed by atoms with van der Waals surface area (Å²) in [7, 11) is 4.80. The highest BCUT2D eigenvalue weighted by Gasteiger charge is 2.17. The van der Waals surface area contributed by atoms with Crippen LogP contribution in [0, 0.1) is 6.92 Å². The standard InChI is InChI=1S/C16H19NO3/c1-10-7-11(9-12(17)8-10)13-5-6-14(18-2)16(20-4)15(13)19-3/h5-9H,17H2,1-4H3. The summed E-state index contributed by atoms with van der Waals surface area (Å²) in [6.07, 6.45) is 0. The van der Waals surface area contributed by atoms with Crippen molar-refractivity contribution >= 4 is 5.69 Å². The van der Waals surface area contributed by atoms with Crippen LogP contribution in [0.3, 0.4) is 0 Å². The second-order valence-electron chi connectivity index (χ2n) is 4.51. The van der Waals surface area contributed by atoms with Gasteiger partial charge in [0, 0.05) is 11.3 Å². The smallest absolute Gasteiger partial charge is 0.203 e. The molecule has 0 radical (unpaired) electrons. The molecule has 0 unspecified atom stereocenters. The molecule has 0 spiro atoms. The fourth-order valence-electron chi connectivity index (χ4n) is 2.30. The van der Waals surface area contributed by atoms with Crippen LogP contribution in [0.15, 0.2) is 30.3 Å². The highest BCUT2D eigenvalue weighted by molar-refractivity contribution is 5.78. The van der Waals surface area contributed by atoms with E-state index in [1.54, 1.807) is 21.3 Å². The summed E-state index contributed by atoms with van der Waals surface area (Å²) in [5, 5.41) is 0. The molecule has 106 valence electrons. The molecule has 4 heteroatoms. The molecule has 0 bridgehead atoms. The van der Waals surface area contributed by atoms with Gasteiger partial charge < -0.3 is 19.9 Å². The number of benzene rings is 2. The van der Waals surface area contributed by atoms with Crippen molar-refractivity contribution in [1.82, 2.24) is 0 Å². The molecule has 2 rings (SSSR count). The summed E-state index contributed by atoms with van der Waals surface area (Å²) >= 11 is 0. The Morgan fingerprint density at radius 1 is 0.850 bits per heavy atom. The molecule has 0 aliphatic carbocycles. The summed E-state index contributed by atoms with van der Waals surface area (Å²) in [6.45, 7) is 2.01. The van der Waals surface area contributed by atoms with Gasteiger partial charge >= 0.3 is 0 Å². The van der Waals surface area contributed by atoms with Crippen molar-refractivity contribution in [2.24, 2.45) is 0 Å². The Balaban J connectivity index is 2.67. The maximum atomic E-state index is 5.92. The Kier molecular flexibility index (Phi) is 4.03. The van der Waals surface area contributed by atoms with E-state index in [0.717, 1.165) is 22.4 Å². The predicted molar refractivity (Wildman–Crippen MR) is 80.7 cm³/mol. The summed E-state index contributed by atoms with van der Waals surface area (Å²) in [4.78, 5) is 0. The number of hydrogen-bond donors (Lipinski definition) is 1. The maximum absolute atomic E-state index is 5.92. The molecule has 2 aromatic carbocycles. The van der Waals surface area contributed by atoms with Crippen molar-refractivity contribution in [2.45, 2.75) is 6.92 Å². The molecule has 2 aromatic rings. The van der Waals surface area contributed by atoms with Crippen molar-refractivity contribution in [1.29, 1.82) is 0 Å². The molecule has 0 aliphatic heterocycles. The molecule has 0 saturated heterocycles. The average Bonchev–Trinajstić information content (AvgIpc) is 2.44. The van der Waals surface area contributed by atoms with Crippen molar-refractivity contribution in [3.8, 4) is 28.4 Å². The zero-order valence-corrected chi connectivity index (χ0v) is 12.2. The normalized spacial score (nSPS) is 10.2. The zero-order valence-electron chi connectivity index (χ0n) is 12.2. The average molecular weight is 273 g/mol. The van der Waals surface area contributed by atoms with E-state index < -0.39 is 0 Å². The third kappa shape index (κ3) is 2.50. The summed E-state index contributed by atoms with van der Waals surface area (Å²) in [5.74, 6) is 1.85. The number of hydrogen-bond acceptors (Lipinski definition) is 4. The molecule has 4 nitrogen and oxygen atoms in total. The minimum absolute atomic E-state index is 0.576. The highest BCUT2D eigenvalue weighted by Crippen LogP contribution is 2.44. The van der Waals surface area contributed by atoms with Crippen LogP contribution < -0.4 is 19.9 Å². The largest absolute Gasteiger partial charge is 0.493 e. The molecule has 20 heavy (non-hydrogen) atoms. The van der Waals surface area contributed by atoms with Gasteiger partial charge in [-0.25, -0.2) is 0 Å². The van der Waals surface area contributed by atoms with Gasteiger partial charge in [-0.2, -0.15) is 0 Å². The SMILES string of the molecule is COc1ccc(-c2cc(C)cc(N)c2)c(OC)c1OC. The van der Waals surface area contributed by atoms with Gasteiger partial charge in [0.25, 0.3) is 0 Å². The molecule has 0 heterocycles. The van der Waals surface area contributed by atoms with Crippen LogP contribution >= 0.6 is 0 Å². The van der Waals surface area contributed by atoms with E-state index >= 15 is 0 Å². The number of nitrogens with two attached hydrogens (primary N) is 1. The van der Waals surface area contributed by atoms with Crippen molar-refractivity contribution in [3.63, 3.8) is 0 Å². The number of methoxy groups -OCH3 is 3. The van der Waals surface area contributed by atoms with Gasteiger partial charge in [-0.1, -0.05) is 6.07 Å². The first-order chi connectivity index (χ1) is 9.60. The number of ether oxygens (including phenoxy) is 3. The van der Waals surface area contributed by atoms with E-state index in [0.29, 0.717) is 17.2 Å². The number of aryl methyl sites for hydroxylation is 1. The van der Waals surface area contributed by atoms with E-state index in [-0.39, 0.29) is 0 Å². The van der Waals surface area contributed by atoms with Crippen molar-refractivity contribution in [3.05, 3.63) is 35.9 Å². The Labute approximate surface area is 119 Å². The van der Waals surface area contributed by atoms with Gasteiger partial charge in [0.05, 0.1) is 21.3 Å². The number of rotatable bonds is 4. The fourth-order valence-corrected chi connectivity index (χ4v) is 2.30. The Morgan fingerprint density at radius 3 is 2.10 bits per heavy atom.